The number of aliphatic hydroxyl groups excluding tert-OH is 1. The van der Waals surface area contributed by atoms with Crippen LogP contribution in [0.3, 0.4) is 0 Å². The van der Waals surface area contributed by atoms with Gasteiger partial charge in [-0.2, -0.15) is 0 Å². The predicted molar refractivity (Wildman–Crippen MR) is 79.6 cm³/mol. The van der Waals surface area contributed by atoms with Gasteiger partial charge < -0.3 is 19.3 Å². The molecule has 5 heteroatoms. The van der Waals surface area contributed by atoms with Crippen molar-refractivity contribution < 1.29 is 24.1 Å². The Labute approximate surface area is 125 Å². The molecule has 1 N–H and O–H groups in total. The Morgan fingerprint density at radius 3 is 2.67 bits per heavy atom. The second-order valence-corrected chi connectivity index (χ2v) is 4.71. The van der Waals surface area contributed by atoms with E-state index >= 15 is 0 Å². The molecule has 0 saturated carbocycles. The molecule has 1 aromatic carbocycles. The molecule has 0 amide bonds. The number of para-hydroxylation sites is 1. The van der Waals surface area contributed by atoms with Gasteiger partial charge in [0.05, 0.1) is 26.9 Å². The number of carbonyl (C=O) groups is 1. The molecule has 0 aliphatic rings. The van der Waals surface area contributed by atoms with Crippen LogP contribution < -0.4 is 9.47 Å². The molecular formula is C16H24O5. The van der Waals surface area contributed by atoms with Crippen molar-refractivity contribution in [3.05, 3.63) is 23.8 Å². The maximum Gasteiger partial charge on any atom is 0.305 e. The Morgan fingerprint density at radius 1 is 1.29 bits per heavy atom. The monoisotopic (exact) mass is 296 g/mol. The van der Waals surface area contributed by atoms with Crippen molar-refractivity contribution >= 4 is 5.97 Å². The van der Waals surface area contributed by atoms with Crippen LogP contribution in [0.4, 0.5) is 0 Å². The summed E-state index contributed by atoms with van der Waals surface area (Å²) in [5.74, 6) is 0.760. The Morgan fingerprint density at radius 2 is 2.05 bits per heavy atom. The quantitative estimate of drug-likeness (QED) is 0.560. The van der Waals surface area contributed by atoms with Crippen LogP contribution in [0.2, 0.25) is 0 Å². The van der Waals surface area contributed by atoms with E-state index in [1.165, 1.54) is 7.11 Å². The molecule has 0 radical (unpaired) electrons. The smallest absolute Gasteiger partial charge is 0.305 e. The van der Waals surface area contributed by atoms with Crippen LogP contribution in [0, 0.1) is 0 Å². The number of benzene rings is 1. The molecule has 21 heavy (non-hydrogen) atoms. The minimum atomic E-state index is -0.797. The molecule has 0 heterocycles. The third-order valence-electron chi connectivity index (χ3n) is 3.18. The Hall–Kier alpha value is -1.75. The number of methoxy groups -OCH3 is 2. The maximum atomic E-state index is 11.5. The van der Waals surface area contributed by atoms with E-state index in [1.807, 2.05) is 6.92 Å². The number of hydrogen-bond donors (Lipinski definition) is 1. The zero-order chi connectivity index (χ0) is 15.7. The first-order valence-corrected chi connectivity index (χ1v) is 7.18. The first-order chi connectivity index (χ1) is 10.1. The van der Waals surface area contributed by atoms with Gasteiger partial charge in [0, 0.05) is 12.0 Å². The lowest BCUT2D eigenvalue weighted by atomic mass is 10.0. The number of esters is 1. The fourth-order valence-corrected chi connectivity index (χ4v) is 1.99. The van der Waals surface area contributed by atoms with Gasteiger partial charge in [-0.1, -0.05) is 25.5 Å². The topological polar surface area (TPSA) is 65.0 Å². The highest BCUT2D eigenvalue weighted by molar-refractivity contribution is 5.69. The molecule has 1 unspecified atom stereocenters. The van der Waals surface area contributed by atoms with Gasteiger partial charge in [-0.05, 0) is 18.9 Å². The molecule has 0 bridgehead atoms. The van der Waals surface area contributed by atoms with Crippen molar-refractivity contribution in [2.45, 2.75) is 38.7 Å². The van der Waals surface area contributed by atoms with Gasteiger partial charge in [0.2, 0.25) is 0 Å². The van der Waals surface area contributed by atoms with Crippen molar-refractivity contribution in [3.63, 3.8) is 0 Å². The number of hydrogen-bond acceptors (Lipinski definition) is 5. The van der Waals surface area contributed by atoms with Gasteiger partial charge in [-0.25, -0.2) is 0 Å². The normalized spacial score (nSPS) is 11.8. The summed E-state index contributed by atoms with van der Waals surface area (Å²) in [6, 6.07) is 5.29. The second-order valence-electron chi connectivity index (χ2n) is 4.71. The summed E-state index contributed by atoms with van der Waals surface area (Å²) in [6.45, 7) is 2.47. The highest BCUT2D eigenvalue weighted by Crippen LogP contribution is 2.35. The van der Waals surface area contributed by atoms with Gasteiger partial charge in [-0.15, -0.1) is 0 Å². The second kappa shape index (κ2) is 9.23. The molecule has 0 aliphatic carbocycles. The van der Waals surface area contributed by atoms with Crippen molar-refractivity contribution in [2.75, 3.05) is 20.8 Å². The van der Waals surface area contributed by atoms with Crippen LogP contribution >= 0.6 is 0 Å². The zero-order valence-electron chi connectivity index (χ0n) is 12.9. The predicted octanol–water partition coefficient (Wildman–Crippen LogP) is 2.86. The average molecular weight is 296 g/mol. The lowest BCUT2D eigenvalue weighted by Gasteiger charge is -2.16. The largest absolute Gasteiger partial charge is 0.493 e. The number of ether oxygens (including phenoxy) is 3. The number of unbranched alkanes of at least 4 members (excludes halogenated alkanes) is 1. The lowest BCUT2D eigenvalue weighted by molar-refractivity contribution is -0.144. The fourth-order valence-electron chi connectivity index (χ4n) is 1.99. The summed E-state index contributed by atoms with van der Waals surface area (Å²) >= 11 is 0. The third kappa shape index (κ3) is 5.27. The SMILES string of the molecule is CCCCOC(=O)CCC(O)c1cccc(OC)c1OC. The van der Waals surface area contributed by atoms with Crippen molar-refractivity contribution in [2.24, 2.45) is 0 Å². The van der Waals surface area contributed by atoms with E-state index in [2.05, 4.69) is 0 Å². The molecule has 1 rings (SSSR count). The van der Waals surface area contributed by atoms with E-state index in [0.717, 1.165) is 12.8 Å². The molecule has 1 atom stereocenters. The van der Waals surface area contributed by atoms with E-state index in [1.54, 1.807) is 25.3 Å². The van der Waals surface area contributed by atoms with Gasteiger partial charge in [0.25, 0.3) is 0 Å². The first kappa shape index (κ1) is 17.3. The Kier molecular flexibility index (Phi) is 7.61. The summed E-state index contributed by atoms with van der Waals surface area (Å²) < 4.78 is 15.5. The highest BCUT2D eigenvalue weighted by Gasteiger charge is 2.18. The molecular weight excluding hydrogens is 272 g/mol. The van der Waals surface area contributed by atoms with E-state index in [9.17, 15) is 9.90 Å². The summed E-state index contributed by atoms with van der Waals surface area (Å²) in [7, 11) is 3.06. The standard InChI is InChI=1S/C16H24O5/c1-4-5-11-21-15(18)10-9-13(17)12-7-6-8-14(19-2)16(12)20-3/h6-8,13,17H,4-5,9-11H2,1-3H3. The van der Waals surface area contributed by atoms with Crippen LogP contribution in [0.25, 0.3) is 0 Å². The van der Waals surface area contributed by atoms with Crippen LogP contribution in [0.15, 0.2) is 18.2 Å². The Balaban J connectivity index is 2.59. The lowest BCUT2D eigenvalue weighted by Crippen LogP contribution is -2.09. The van der Waals surface area contributed by atoms with Gasteiger partial charge in [0.1, 0.15) is 0 Å². The van der Waals surface area contributed by atoms with Crippen LogP contribution in [-0.2, 0) is 9.53 Å². The van der Waals surface area contributed by atoms with E-state index < -0.39 is 6.10 Å². The van der Waals surface area contributed by atoms with Crippen molar-refractivity contribution in [3.8, 4) is 11.5 Å². The molecule has 0 aliphatic heterocycles. The number of aliphatic hydroxyl groups is 1. The molecule has 1 aromatic rings. The van der Waals surface area contributed by atoms with Crippen molar-refractivity contribution in [1.82, 2.24) is 0 Å². The summed E-state index contributed by atoms with van der Waals surface area (Å²) in [5, 5.41) is 10.2. The van der Waals surface area contributed by atoms with Gasteiger partial charge in [-0.3, -0.25) is 4.79 Å². The fraction of sp³-hybridized carbons (Fsp3) is 0.562. The number of rotatable bonds is 9. The minimum Gasteiger partial charge on any atom is -0.493 e. The molecule has 0 aromatic heterocycles. The van der Waals surface area contributed by atoms with Crippen LogP contribution in [0.5, 0.6) is 11.5 Å². The Bertz CT molecular complexity index is 444. The van der Waals surface area contributed by atoms with E-state index in [0.29, 0.717) is 23.7 Å². The molecule has 118 valence electrons. The first-order valence-electron chi connectivity index (χ1n) is 7.18. The maximum absolute atomic E-state index is 11.5. The van der Waals surface area contributed by atoms with Gasteiger partial charge >= 0.3 is 5.97 Å². The van der Waals surface area contributed by atoms with Crippen molar-refractivity contribution in [1.29, 1.82) is 0 Å². The van der Waals surface area contributed by atoms with Gasteiger partial charge in [0.15, 0.2) is 11.5 Å². The third-order valence-corrected chi connectivity index (χ3v) is 3.18. The molecule has 0 saturated heterocycles. The molecule has 0 spiro atoms. The molecule has 5 nitrogen and oxygen atoms in total. The van der Waals surface area contributed by atoms with E-state index in [-0.39, 0.29) is 18.8 Å². The zero-order valence-corrected chi connectivity index (χ0v) is 12.9. The highest BCUT2D eigenvalue weighted by atomic mass is 16.5. The summed E-state index contributed by atoms with van der Waals surface area (Å²) in [6.07, 6.45) is 1.50. The molecule has 0 fully saturated rings. The van der Waals surface area contributed by atoms with E-state index in [4.69, 9.17) is 14.2 Å². The number of carbonyl (C=O) groups excluding carboxylic acids is 1. The summed E-state index contributed by atoms with van der Waals surface area (Å²) in [4.78, 5) is 11.5. The summed E-state index contributed by atoms with van der Waals surface area (Å²) in [5.41, 5.74) is 0.609. The average Bonchev–Trinajstić information content (AvgIpc) is 2.51. The van der Waals surface area contributed by atoms with Crippen LogP contribution in [0.1, 0.15) is 44.3 Å². The van der Waals surface area contributed by atoms with Crippen LogP contribution in [-0.4, -0.2) is 31.9 Å². The minimum absolute atomic E-state index is 0.172.